The van der Waals surface area contributed by atoms with E-state index in [1.165, 1.54) is 0 Å². The van der Waals surface area contributed by atoms with Crippen molar-refractivity contribution in [1.82, 2.24) is 0 Å². The van der Waals surface area contributed by atoms with Crippen LogP contribution in [0.2, 0.25) is 0 Å². The molecule has 1 heterocycles. The van der Waals surface area contributed by atoms with Gasteiger partial charge in [-0.15, -0.1) is 0 Å². The zero-order valence-corrected chi connectivity index (χ0v) is 10.7. The molecule has 1 atom stereocenters. The lowest BCUT2D eigenvalue weighted by atomic mass is 10.1. The third-order valence-corrected chi connectivity index (χ3v) is 4.80. The SMILES string of the molecule is NCc1cccc(NC(=O)C2CCS(=O)(=O)C2)c1. The first-order valence-corrected chi connectivity index (χ1v) is 7.62. The summed E-state index contributed by atoms with van der Waals surface area (Å²) >= 11 is 0. The van der Waals surface area contributed by atoms with Gasteiger partial charge in [-0.05, 0) is 24.1 Å². The van der Waals surface area contributed by atoms with Crippen LogP contribution in [-0.4, -0.2) is 25.8 Å². The number of carbonyl (C=O) groups is 1. The van der Waals surface area contributed by atoms with Crippen LogP contribution in [0.15, 0.2) is 24.3 Å². The summed E-state index contributed by atoms with van der Waals surface area (Å²) in [6, 6.07) is 7.24. The number of sulfone groups is 1. The maximum absolute atomic E-state index is 11.9. The number of amides is 1. The lowest BCUT2D eigenvalue weighted by Gasteiger charge is -2.10. The highest BCUT2D eigenvalue weighted by Crippen LogP contribution is 2.20. The summed E-state index contributed by atoms with van der Waals surface area (Å²) in [4.78, 5) is 11.9. The first-order chi connectivity index (χ1) is 8.50. The van der Waals surface area contributed by atoms with Gasteiger partial charge >= 0.3 is 0 Å². The van der Waals surface area contributed by atoms with Gasteiger partial charge in [0.1, 0.15) is 0 Å². The van der Waals surface area contributed by atoms with Gasteiger partial charge in [0.25, 0.3) is 0 Å². The third kappa shape index (κ3) is 3.08. The summed E-state index contributed by atoms with van der Waals surface area (Å²) in [6.07, 6.45) is 0.407. The Morgan fingerprint density at radius 2 is 2.22 bits per heavy atom. The van der Waals surface area contributed by atoms with Crippen LogP contribution in [0.4, 0.5) is 5.69 Å². The number of carbonyl (C=O) groups excluding carboxylic acids is 1. The zero-order valence-electron chi connectivity index (χ0n) is 9.93. The normalized spacial score (nSPS) is 21.7. The van der Waals surface area contributed by atoms with Crippen LogP contribution in [0.25, 0.3) is 0 Å². The largest absolute Gasteiger partial charge is 0.326 e. The molecule has 18 heavy (non-hydrogen) atoms. The maximum atomic E-state index is 11.9. The minimum Gasteiger partial charge on any atom is -0.326 e. The Balaban J connectivity index is 2.03. The van der Waals surface area contributed by atoms with Crippen LogP contribution in [0.3, 0.4) is 0 Å². The highest BCUT2D eigenvalue weighted by atomic mass is 32.2. The first-order valence-electron chi connectivity index (χ1n) is 5.80. The zero-order chi connectivity index (χ0) is 13.2. The summed E-state index contributed by atoms with van der Waals surface area (Å²) < 4.78 is 22.6. The highest BCUT2D eigenvalue weighted by Gasteiger charge is 2.32. The van der Waals surface area contributed by atoms with Gasteiger partial charge in [0.15, 0.2) is 9.84 Å². The second-order valence-electron chi connectivity index (χ2n) is 4.49. The molecule has 2 rings (SSSR count). The Morgan fingerprint density at radius 3 is 2.83 bits per heavy atom. The molecule has 98 valence electrons. The van der Waals surface area contributed by atoms with E-state index in [1.54, 1.807) is 12.1 Å². The smallest absolute Gasteiger partial charge is 0.228 e. The molecule has 6 heteroatoms. The average Bonchev–Trinajstić information content (AvgIpc) is 2.70. The topological polar surface area (TPSA) is 89.3 Å². The number of benzene rings is 1. The summed E-state index contributed by atoms with van der Waals surface area (Å²) in [7, 11) is -3.03. The molecule has 3 N–H and O–H groups in total. The molecule has 1 amide bonds. The van der Waals surface area contributed by atoms with Crippen molar-refractivity contribution < 1.29 is 13.2 Å². The maximum Gasteiger partial charge on any atom is 0.228 e. The quantitative estimate of drug-likeness (QED) is 0.836. The summed E-state index contributed by atoms with van der Waals surface area (Å²) in [5.74, 6) is -0.606. The Bertz CT molecular complexity index is 554. The molecule has 1 aliphatic rings. The summed E-state index contributed by atoms with van der Waals surface area (Å²) in [5.41, 5.74) is 7.10. The minimum absolute atomic E-state index is 0.0462. The molecular formula is C12H16N2O3S. The second-order valence-corrected chi connectivity index (χ2v) is 6.72. The first kappa shape index (κ1) is 13.0. The van der Waals surface area contributed by atoms with Gasteiger partial charge in [0, 0.05) is 12.2 Å². The number of anilines is 1. The van der Waals surface area contributed by atoms with E-state index in [4.69, 9.17) is 5.73 Å². The molecule has 5 nitrogen and oxygen atoms in total. The fraction of sp³-hybridized carbons (Fsp3) is 0.417. The number of nitrogens with one attached hydrogen (secondary N) is 1. The molecule has 1 aromatic rings. The molecule has 0 aromatic heterocycles. The highest BCUT2D eigenvalue weighted by molar-refractivity contribution is 7.91. The van der Waals surface area contributed by atoms with Crippen LogP contribution in [0, 0.1) is 5.92 Å². The summed E-state index contributed by atoms with van der Waals surface area (Å²) in [6.45, 7) is 0.404. The Morgan fingerprint density at radius 1 is 1.44 bits per heavy atom. The second kappa shape index (κ2) is 5.07. The molecule has 1 aliphatic heterocycles. The number of rotatable bonds is 3. The van der Waals surface area contributed by atoms with Gasteiger partial charge in [0.05, 0.1) is 17.4 Å². The fourth-order valence-corrected chi connectivity index (χ4v) is 3.76. The van der Waals surface area contributed by atoms with Crippen molar-refractivity contribution in [3.63, 3.8) is 0 Å². The van der Waals surface area contributed by atoms with E-state index in [1.807, 2.05) is 12.1 Å². The number of nitrogens with two attached hydrogens (primary N) is 1. The van der Waals surface area contributed by atoms with Crippen molar-refractivity contribution >= 4 is 21.4 Å². The lowest BCUT2D eigenvalue weighted by molar-refractivity contribution is -0.119. The Kier molecular flexibility index (Phi) is 3.68. The van der Waals surface area contributed by atoms with Crippen LogP contribution in [0.1, 0.15) is 12.0 Å². The molecule has 1 aromatic carbocycles. The molecular weight excluding hydrogens is 252 g/mol. The monoisotopic (exact) mass is 268 g/mol. The van der Waals surface area contributed by atoms with Gasteiger partial charge in [0.2, 0.25) is 5.91 Å². The predicted octanol–water partition coefficient (Wildman–Crippen LogP) is 0.518. The molecule has 0 bridgehead atoms. The van der Waals surface area contributed by atoms with Gasteiger partial charge in [-0.2, -0.15) is 0 Å². The van der Waals surface area contributed by atoms with Gasteiger partial charge in [-0.3, -0.25) is 4.79 Å². The van der Waals surface area contributed by atoms with Crippen molar-refractivity contribution in [2.24, 2.45) is 11.7 Å². The standard InChI is InChI=1S/C12H16N2O3S/c13-7-9-2-1-3-11(6-9)14-12(15)10-4-5-18(16,17)8-10/h1-3,6,10H,4-5,7-8,13H2,(H,14,15). The molecule has 0 radical (unpaired) electrons. The van der Waals surface area contributed by atoms with Crippen LogP contribution in [0.5, 0.6) is 0 Å². The van der Waals surface area contributed by atoms with E-state index in [-0.39, 0.29) is 17.4 Å². The third-order valence-electron chi connectivity index (χ3n) is 3.03. The van der Waals surface area contributed by atoms with E-state index in [9.17, 15) is 13.2 Å². The van der Waals surface area contributed by atoms with Gasteiger partial charge < -0.3 is 11.1 Å². The molecule has 0 saturated carbocycles. The lowest BCUT2D eigenvalue weighted by Crippen LogP contribution is -2.23. The van der Waals surface area contributed by atoms with Crippen molar-refractivity contribution in [1.29, 1.82) is 0 Å². The number of hydrogen-bond acceptors (Lipinski definition) is 4. The molecule has 0 aliphatic carbocycles. The number of hydrogen-bond donors (Lipinski definition) is 2. The fourth-order valence-electron chi connectivity index (χ4n) is 2.02. The van der Waals surface area contributed by atoms with Crippen LogP contribution in [-0.2, 0) is 21.2 Å². The van der Waals surface area contributed by atoms with Crippen molar-refractivity contribution in [3.05, 3.63) is 29.8 Å². The van der Waals surface area contributed by atoms with E-state index in [2.05, 4.69) is 5.32 Å². The van der Waals surface area contributed by atoms with Crippen molar-refractivity contribution in [2.75, 3.05) is 16.8 Å². The average molecular weight is 268 g/mol. The minimum atomic E-state index is -3.03. The molecule has 1 fully saturated rings. The van der Waals surface area contributed by atoms with Gasteiger partial charge in [-0.25, -0.2) is 8.42 Å². The summed E-state index contributed by atoms with van der Waals surface area (Å²) in [5, 5.41) is 2.74. The molecule has 1 saturated heterocycles. The Hall–Kier alpha value is -1.40. The van der Waals surface area contributed by atoms with E-state index >= 15 is 0 Å². The van der Waals surface area contributed by atoms with Crippen molar-refractivity contribution in [3.8, 4) is 0 Å². The van der Waals surface area contributed by atoms with Gasteiger partial charge in [-0.1, -0.05) is 12.1 Å². The van der Waals surface area contributed by atoms with Crippen molar-refractivity contribution in [2.45, 2.75) is 13.0 Å². The predicted molar refractivity (Wildman–Crippen MR) is 69.7 cm³/mol. The molecule has 1 unspecified atom stereocenters. The Labute approximate surface area is 106 Å². The van der Waals surface area contributed by atoms with E-state index in [0.29, 0.717) is 18.7 Å². The van der Waals surface area contributed by atoms with Crippen LogP contribution < -0.4 is 11.1 Å². The molecule has 0 spiro atoms. The van der Waals surface area contributed by atoms with E-state index < -0.39 is 15.8 Å². The van der Waals surface area contributed by atoms with Crippen LogP contribution >= 0.6 is 0 Å². The van der Waals surface area contributed by atoms with E-state index in [0.717, 1.165) is 5.56 Å².